The van der Waals surface area contributed by atoms with E-state index in [1.807, 2.05) is 0 Å². The Balaban J connectivity index is 2.13. The van der Waals surface area contributed by atoms with Crippen LogP contribution >= 0.6 is 15.9 Å². The van der Waals surface area contributed by atoms with E-state index in [0.29, 0.717) is 0 Å². The van der Waals surface area contributed by atoms with Crippen LogP contribution in [-0.2, 0) is 0 Å². The highest BCUT2D eigenvalue weighted by Gasteiger charge is 2.20. The zero-order valence-electron chi connectivity index (χ0n) is 5.23. The van der Waals surface area contributed by atoms with Gasteiger partial charge in [-0.1, -0.05) is 22.4 Å². The van der Waals surface area contributed by atoms with E-state index in [0.717, 1.165) is 11.5 Å². The first-order valence-corrected chi connectivity index (χ1v) is 4.23. The summed E-state index contributed by atoms with van der Waals surface area (Å²) in [6, 6.07) is 0.884. The SMILES string of the molecule is CN(CBr)C1CCC1. The third-order valence-corrected chi connectivity index (χ3v) is 2.68. The first-order chi connectivity index (χ1) is 3.84. The maximum absolute atomic E-state index is 3.42. The van der Waals surface area contributed by atoms with E-state index in [1.165, 1.54) is 19.3 Å². The van der Waals surface area contributed by atoms with Crippen LogP contribution in [0.1, 0.15) is 19.3 Å². The molecule has 0 bridgehead atoms. The van der Waals surface area contributed by atoms with Gasteiger partial charge in [0.2, 0.25) is 0 Å². The molecule has 0 atom stereocenters. The van der Waals surface area contributed by atoms with Crippen molar-refractivity contribution >= 4 is 15.9 Å². The minimum Gasteiger partial charge on any atom is -0.294 e. The highest BCUT2D eigenvalue weighted by atomic mass is 79.9. The van der Waals surface area contributed by atoms with Crippen molar-refractivity contribution in [3.63, 3.8) is 0 Å². The van der Waals surface area contributed by atoms with Crippen LogP contribution in [0.25, 0.3) is 0 Å². The van der Waals surface area contributed by atoms with Gasteiger partial charge in [-0.2, -0.15) is 0 Å². The largest absolute Gasteiger partial charge is 0.294 e. The third-order valence-electron chi connectivity index (χ3n) is 1.89. The maximum Gasteiger partial charge on any atom is 0.0542 e. The van der Waals surface area contributed by atoms with Crippen molar-refractivity contribution in [2.75, 3.05) is 12.5 Å². The van der Waals surface area contributed by atoms with Crippen LogP contribution in [-0.4, -0.2) is 23.4 Å². The van der Waals surface area contributed by atoms with Gasteiger partial charge in [0, 0.05) is 6.04 Å². The van der Waals surface area contributed by atoms with Gasteiger partial charge >= 0.3 is 0 Å². The van der Waals surface area contributed by atoms with E-state index < -0.39 is 0 Å². The molecule has 0 aromatic rings. The van der Waals surface area contributed by atoms with E-state index in [1.54, 1.807) is 0 Å². The van der Waals surface area contributed by atoms with E-state index in [4.69, 9.17) is 0 Å². The zero-order valence-corrected chi connectivity index (χ0v) is 6.82. The Kier molecular flexibility index (Phi) is 2.32. The average Bonchev–Trinajstić information content (AvgIpc) is 1.62. The highest BCUT2D eigenvalue weighted by Crippen LogP contribution is 2.23. The van der Waals surface area contributed by atoms with Crippen molar-refractivity contribution in [3.8, 4) is 0 Å². The lowest BCUT2D eigenvalue weighted by Gasteiger charge is -2.33. The summed E-state index contributed by atoms with van der Waals surface area (Å²) in [5, 5.41) is 0. The fraction of sp³-hybridized carbons (Fsp3) is 1.00. The van der Waals surface area contributed by atoms with Crippen LogP contribution in [0.2, 0.25) is 0 Å². The molecule has 8 heavy (non-hydrogen) atoms. The summed E-state index contributed by atoms with van der Waals surface area (Å²) in [4.78, 5) is 2.35. The standard InChI is InChI=1S/C6H12BrN/c1-8(5-7)6-3-2-4-6/h6H,2-5H2,1H3. The van der Waals surface area contributed by atoms with Crippen molar-refractivity contribution in [3.05, 3.63) is 0 Å². The second-order valence-corrected chi connectivity index (χ2v) is 2.96. The van der Waals surface area contributed by atoms with E-state index in [9.17, 15) is 0 Å². The molecule has 0 amide bonds. The van der Waals surface area contributed by atoms with Crippen LogP contribution in [0.15, 0.2) is 0 Å². The van der Waals surface area contributed by atoms with Crippen LogP contribution in [0.5, 0.6) is 0 Å². The molecule has 1 fully saturated rings. The number of nitrogens with zero attached hydrogens (tertiary/aromatic N) is 1. The van der Waals surface area contributed by atoms with Crippen molar-refractivity contribution in [1.29, 1.82) is 0 Å². The molecule has 0 spiro atoms. The predicted molar refractivity (Wildman–Crippen MR) is 39.2 cm³/mol. The molecule has 0 unspecified atom stereocenters. The predicted octanol–water partition coefficient (Wildman–Crippen LogP) is 1.82. The Morgan fingerprint density at radius 2 is 2.25 bits per heavy atom. The van der Waals surface area contributed by atoms with Gasteiger partial charge < -0.3 is 0 Å². The molecule has 0 saturated heterocycles. The monoisotopic (exact) mass is 177 g/mol. The molecule has 0 aliphatic heterocycles. The molecule has 2 heteroatoms. The summed E-state index contributed by atoms with van der Waals surface area (Å²) in [7, 11) is 2.17. The van der Waals surface area contributed by atoms with Crippen LogP contribution in [0.3, 0.4) is 0 Å². The van der Waals surface area contributed by atoms with Crippen molar-refractivity contribution < 1.29 is 0 Å². The van der Waals surface area contributed by atoms with Gasteiger partial charge in [-0.15, -0.1) is 0 Å². The normalized spacial score (nSPS) is 21.4. The van der Waals surface area contributed by atoms with Crippen LogP contribution < -0.4 is 0 Å². The van der Waals surface area contributed by atoms with Crippen molar-refractivity contribution in [2.45, 2.75) is 25.3 Å². The molecule has 1 rings (SSSR count). The molecule has 0 aromatic heterocycles. The van der Waals surface area contributed by atoms with Gasteiger partial charge in [-0.25, -0.2) is 0 Å². The van der Waals surface area contributed by atoms with Gasteiger partial charge in [0.15, 0.2) is 0 Å². The Morgan fingerprint density at radius 1 is 1.62 bits per heavy atom. The molecular formula is C6H12BrN. The molecule has 1 nitrogen and oxygen atoms in total. The lowest BCUT2D eigenvalue weighted by atomic mass is 9.92. The first-order valence-electron chi connectivity index (χ1n) is 3.11. The average molecular weight is 178 g/mol. The van der Waals surface area contributed by atoms with Gasteiger partial charge in [0.05, 0.1) is 5.45 Å². The van der Waals surface area contributed by atoms with E-state index in [2.05, 4.69) is 27.9 Å². The topological polar surface area (TPSA) is 3.24 Å². The molecule has 1 aliphatic rings. The number of halogens is 1. The molecule has 0 N–H and O–H groups in total. The molecule has 48 valence electrons. The number of hydrogen-bond donors (Lipinski definition) is 0. The van der Waals surface area contributed by atoms with E-state index in [-0.39, 0.29) is 0 Å². The Labute approximate surface area is 59.2 Å². The summed E-state index contributed by atoms with van der Waals surface area (Å²) in [5.74, 6) is 0. The fourth-order valence-corrected chi connectivity index (χ4v) is 1.33. The van der Waals surface area contributed by atoms with Gasteiger partial charge in [0.25, 0.3) is 0 Å². The molecule has 0 radical (unpaired) electrons. The summed E-state index contributed by atoms with van der Waals surface area (Å²) >= 11 is 3.42. The van der Waals surface area contributed by atoms with Crippen LogP contribution in [0.4, 0.5) is 0 Å². The molecule has 0 aromatic carbocycles. The Hall–Kier alpha value is 0.440. The lowest BCUT2D eigenvalue weighted by Crippen LogP contribution is -2.35. The molecule has 1 aliphatic carbocycles. The number of hydrogen-bond acceptors (Lipinski definition) is 1. The summed E-state index contributed by atoms with van der Waals surface area (Å²) < 4.78 is 0. The lowest BCUT2D eigenvalue weighted by molar-refractivity contribution is 0.187. The number of rotatable bonds is 2. The maximum atomic E-state index is 3.42. The number of alkyl halides is 1. The fourth-order valence-electron chi connectivity index (χ4n) is 0.925. The first kappa shape index (κ1) is 6.56. The van der Waals surface area contributed by atoms with Crippen LogP contribution in [0, 0.1) is 0 Å². The van der Waals surface area contributed by atoms with Crippen molar-refractivity contribution in [2.24, 2.45) is 0 Å². The van der Waals surface area contributed by atoms with Gasteiger partial charge in [-0.05, 0) is 19.9 Å². The Morgan fingerprint density at radius 3 is 2.38 bits per heavy atom. The summed E-state index contributed by atoms with van der Waals surface area (Å²) in [6.07, 6.45) is 4.24. The molecule has 1 saturated carbocycles. The summed E-state index contributed by atoms with van der Waals surface area (Å²) in [6.45, 7) is 0. The minimum absolute atomic E-state index is 0.884. The third kappa shape index (κ3) is 1.23. The second kappa shape index (κ2) is 2.83. The Bertz CT molecular complexity index is 68.2. The minimum atomic E-state index is 0.884. The smallest absolute Gasteiger partial charge is 0.0542 e. The van der Waals surface area contributed by atoms with E-state index >= 15 is 0 Å². The van der Waals surface area contributed by atoms with Gasteiger partial charge in [-0.3, -0.25) is 4.90 Å². The highest BCUT2D eigenvalue weighted by molar-refractivity contribution is 9.09. The van der Waals surface area contributed by atoms with Gasteiger partial charge in [0.1, 0.15) is 0 Å². The van der Waals surface area contributed by atoms with Crippen molar-refractivity contribution in [1.82, 2.24) is 4.90 Å². The molecular weight excluding hydrogens is 166 g/mol. The quantitative estimate of drug-likeness (QED) is 0.460. The molecule has 0 heterocycles. The zero-order chi connectivity index (χ0) is 5.98. The second-order valence-electron chi connectivity index (χ2n) is 2.46. The summed E-state index contributed by atoms with van der Waals surface area (Å²) in [5.41, 5.74) is 1.03.